The molecule has 2 saturated carbocycles. The number of sulfonamides is 1. The molecule has 1 aromatic rings. The smallest absolute Gasteiger partial charge is 0.240 e. The van der Waals surface area contributed by atoms with E-state index in [1.165, 1.54) is 44.9 Å². The van der Waals surface area contributed by atoms with E-state index >= 15 is 0 Å². The Labute approximate surface area is 131 Å². The Kier molecular flexibility index (Phi) is 4.23. The van der Waals surface area contributed by atoms with E-state index in [2.05, 4.69) is 10.0 Å². The Balaban J connectivity index is 1.58. The maximum Gasteiger partial charge on any atom is 0.240 e. The van der Waals surface area contributed by atoms with E-state index in [0.717, 1.165) is 11.8 Å². The molecule has 3 atom stereocenters. The van der Waals surface area contributed by atoms with Gasteiger partial charge in [-0.3, -0.25) is 4.79 Å². The highest BCUT2D eigenvalue weighted by Crippen LogP contribution is 2.49. The second-order valence-corrected chi connectivity index (χ2v) is 8.31. The number of hydrogen-bond donors (Lipinski definition) is 2. The van der Waals surface area contributed by atoms with Gasteiger partial charge in [0.1, 0.15) is 0 Å². The fourth-order valence-corrected chi connectivity index (χ4v) is 4.64. The van der Waals surface area contributed by atoms with Crippen LogP contribution in [0.4, 0.5) is 5.69 Å². The van der Waals surface area contributed by atoms with Gasteiger partial charge in [0.15, 0.2) is 0 Å². The van der Waals surface area contributed by atoms with Crippen molar-refractivity contribution in [2.24, 2.45) is 17.8 Å². The summed E-state index contributed by atoms with van der Waals surface area (Å²) in [4.78, 5) is 12.3. The first-order chi connectivity index (χ1) is 10.5. The predicted molar refractivity (Wildman–Crippen MR) is 84.9 cm³/mol. The molecule has 0 aromatic heterocycles. The fourth-order valence-electron chi connectivity index (χ4n) is 3.91. The summed E-state index contributed by atoms with van der Waals surface area (Å²) >= 11 is 0. The van der Waals surface area contributed by atoms with E-state index in [4.69, 9.17) is 0 Å². The standard InChI is InChI=1S/C16H22N2O3S/c1-17-22(20,21)15-6-4-14(5-7-15)18-16(19)10-13-9-11-2-3-12(13)8-11/h4-7,11-13,17H,2-3,8-10H2,1H3,(H,18,19)/t11-,12+,13-/m0/s1. The molecule has 2 N–H and O–H groups in total. The maximum absolute atomic E-state index is 12.1. The third kappa shape index (κ3) is 3.17. The Bertz CT molecular complexity index is 654. The average molecular weight is 322 g/mol. The predicted octanol–water partition coefficient (Wildman–Crippen LogP) is 2.36. The van der Waals surface area contributed by atoms with Crippen molar-refractivity contribution in [3.8, 4) is 0 Å². The molecule has 120 valence electrons. The second kappa shape index (κ2) is 6.01. The van der Waals surface area contributed by atoms with Crippen LogP contribution in [-0.4, -0.2) is 21.4 Å². The van der Waals surface area contributed by atoms with Gasteiger partial charge in [-0.05, 0) is 68.3 Å². The van der Waals surface area contributed by atoms with Crippen molar-refractivity contribution in [2.45, 2.75) is 37.0 Å². The number of carbonyl (C=O) groups is 1. The van der Waals surface area contributed by atoms with Gasteiger partial charge in [-0.25, -0.2) is 13.1 Å². The number of nitrogens with one attached hydrogen (secondary N) is 2. The molecule has 1 aromatic carbocycles. The van der Waals surface area contributed by atoms with Gasteiger partial charge >= 0.3 is 0 Å². The second-order valence-electron chi connectivity index (χ2n) is 6.42. The van der Waals surface area contributed by atoms with Gasteiger partial charge in [0.05, 0.1) is 4.90 Å². The summed E-state index contributed by atoms with van der Waals surface area (Å²) in [5, 5.41) is 2.87. The van der Waals surface area contributed by atoms with Gasteiger partial charge < -0.3 is 5.32 Å². The van der Waals surface area contributed by atoms with Crippen LogP contribution in [0.5, 0.6) is 0 Å². The van der Waals surface area contributed by atoms with E-state index in [9.17, 15) is 13.2 Å². The van der Waals surface area contributed by atoms with Crippen LogP contribution in [0, 0.1) is 17.8 Å². The molecular weight excluding hydrogens is 300 g/mol. The molecule has 0 spiro atoms. The van der Waals surface area contributed by atoms with Crippen molar-refractivity contribution < 1.29 is 13.2 Å². The molecule has 3 rings (SSSR count). The Morgan fingerprint density at radius 2 is 1.91 bits per heavy atom. The molecule has 2 bridgehead atoms. The first kappa shape index (κ1) is 15.5. The molecule has 6 heteroatoms. The number of fused-ring (bicyclic) bond motifs is 2. The molecule has 2 aliphatic rings. The third-order valence-electron chi connectivity index (χ3n) is 5.05. The van der Waals surface area contributed by atoms with Crippen LogP contribution in [0.1, 0.15) is 32.1 Å². The van der Waals surface area contributed by atoms with Crippen molar-refractivity contribution >= 4 is 21.6 Å². The number of amides is 1. The lowest BCUT2D eigenvalue weighted by atomic mass is 9.86. The molecule has 1 amide bonds. The van der Waals surface area contributed by atoms with Gasteiger partial charge in [-0.1, -0.05) is 6.42 Å². The molecule has 5 nitrogen and oxygen atoms in total. The van der Waals surface area contributed by atoms with Crippen molar-refractivity contribution in [1.82, 2.24) is 4.72 Å². The van der Waals surface area contributed by atoms with Gasteiger partial charge in [0.25, 0.3) is 0 Å². The first-order valence-electron chi connectivity index (χ1n) is 7.81. The van der Waals surface area contributed by atoms with Crippen LogP contribution in [0.2, 0.25) is 0 Å². The zero-order valence-corrected chi connectivity index (χ0v) is 13.5. The maximum atomic E-state index is 12.1. The van der Waals surface area contributed by atoms with Crippen molar-refractivity contribution in [3.05, 3.63) is 24.3 Å². The van der Waals surface area contributed by atoms with Gasteiger partial charge in [0, 0.05) is 12.1 Å². The van der Waals surface area contributed by atoms with E-state index in [0.29, 0.717) is 18.0 Å². The van der Waals surface area contributed by atoms with Gasteiger partial charge in [0.2, 0.25) is 15.9 Å². The molecule has 0 radical (unpaired) electrons. The van der Waals surface area contributed by atoms with Crippen molar-refractivity contribution in [2.75, 3.05) is 12.4 Å². The highest BCUT2D eigenvalue weighted by Gasteiger charge is 2.40. The normalized spacial score (nSPS) is 27.0. The Hall–Kier alpha value is -1.40. The topological polar surface area (TPSA) is 75.3 Å². The first-order valence-corrected chi connectivity index (χ1v) is 9.29. The average Bonchev–Trinajstić information content (AvgIpc) is 3.10. The monoisotopic (exact) mass is 322 g/mol. The molecule has 0 aliphatic heterocycles. The number of rotatable bonds is 5. The van der Waals surface area contributed by atoms with Crippen molar-refractivity contribution in [3.63, 3.8) is 0 Å². The number of benzene rings is 1. The van der Waals surface area contributed by atoms with E-state index in [-0.39, 0.29) is 10.8 Å². The van der Waals surface area contributed by atoms with E-state index < -0.39 is 10.0 Å². The largest absolute Gasteiger partial charge is 0.326 e. The minimum absolute atomic E-state index is 0.0294. The summed E-state index contributed by atoms with van der Waals surface area (Å²) in [7, 11) is -2.06. The molecule has 2 aliphatic carbocycles. The minimum atomic E-state index is -3.43. The van der Waals surface area contributed by atoms with Crippen LogP contribution in [0.15, 0.2) is 29.2 Å². The highest BCUT2D eigenvalue weighted by molar-refractivity contribution is 7.89. The van der Waals surface area contributed by atoms with Gasteiger partial charge in [-0.15, -0.1) is 0 Å². The number of hydrogen-bond acceptors (Lipinski definition) is 3. The summed E-state index contributed by atoms with van der Waals surface area (Å²) in [5.41, 5.74) is 0.642. The summed E-state index contributed by atoms with van der Waals surface area (Å²) in [6.45, 7) is 0. The van der Waals surface area contributed by atoms with Crippen LogP contribution >= 0.6 is 0 Å². The van der Waals surface area contributed by atoms with Crippen LogP contribution in [-0.2, 0) is 14.8 Å². The van der Waals surface area contributed by atoms with Crippen LogP contribution < -0.4 is 10.0 Å². The fraction of sp³-hybridized carbons (Fsp3) is 0.562. The molecule has 2 fully saturated rings. The lowest BCUT2D eigenvalue weighted by Crippen LogP contribution is -2.20. The van der Waals surface area contributed by atoms with Gasteiger partial charge in [-0.2, -0.15) is 0 Å². The molecule has 22 heavy (non-hydrogen) atoms. The van der Waals surface area contributed by atoms with E-state index in [1.54, 1.807) is 12.1 Å². The summed E-state index contributed by atoms with van der Waals surface area (Å²) in [6, 6.07) is 6.25. The third-order valence-corrected chi connectivity index (χ3v) is 6.48. The van der Waals surface area contributed by atoms with E-state index in [1.807, 2.05) is 0 Å². The Morgan fingerprint density at radius 1 is 1.18 bits per heavy atom. The number of carbonyl (C=O) groups excluding carboxylic acids is 1. The minimum Gasteiger partial charge on any atom is -0.326 e. The lowest BCUT2D eigenvalue weighted by molar-refractivity contribution is -0.117. The van der Waals surface area contributed by atoms with Crippen LogP contribution in [0.3, 0.4) is 0 Å². The van der Waals surface area contributed by atoms with Crippen molar-refractivity contribution in [1.29, 1.82) is 0 Å². The zero-order chi connectivity index (χ0) is 15.7. The molecule has 0 heterocycles. The summed E-state index contributed by atoms with van der Waals surface area (Å²) in [5.74, 6) is 2.14. The quantitative estimate of drug-likeness (QED) is 0.874. The number of anilines is 1. The zero-order valence-electron chi connectivity index (χ0n) is 12.7. The van der Waals surface area contributed by atoms with Crippen LogP contribution in [0.25, 0.3) is 0 Å². The lowest BCUT2D eigenvalue weighted by Gasteiger charge is -2.20. The Morgan fingerprint density at radius 3 is 2.45 bits per heavy atom. The SMILES string of the molecule is CNS(=O)(=O)c1ccc(NC(=O)C[C@@H]2C[C@H]3CC[C@@H]2C3)cc1. The summed E-state index contributed by atoms with van der Waals surface area (Å²) < 4.78 is 25.5. The highest BCUT2D eigenvalue weighted by atomic mass is 32.2. The molecule has 0 unspecified atom stereocenters. The molecular formula is C16H22N2O3S. The molecule has 0 saturated heterocycles. The summed E-state index contributed by atoms with van der Waals surface area (Å²) in [6.07, 6.45) is 5.69.